The topological polar surface area (TPSA) is 35.2 Å². The van der Waals surface area contributed by atoms with Crippen LogP contribution in [0.4, 0.5) is 13.2 Å². The zero-order valence-electron chi connectivity index (χ0n) is 7.76. The molecule has 2 nitrogen and oxygen atoms in total. The Hall–Kier alpha value is -0.290. The Balaban J connectivity index is 2.06. The predicted octanol–water partition coefficient (Wildman–Crippen LogP) is 1.69. The van der Waals surface area contributed by atoms with Crippen molar-refractivity contribution in [2.24, 2.45) is 17.6 Å². The molecule has 1 aliphatic carbocycles. The molecule has 0 bridgehead atoms. The summed E-state index contributed by atoms with van der Waals surface area (Å²) in [6.45, 7) is 0.563. The van der Waals surface area contributed by atoms with Crippen molar-refractivity contribution < 1.29 is 17.9 Å². The van der Waals surface area contributed by atoms with Crippen molar-refractivity contribution in [1.29, 1.82) is 0 Å². The fourth-order valence-electron chi connectivity index (χ4n) is 2.54. The summed E-state index contributed by atoms with van der Waals surface area (Å²) in [6, 6.07) is -0.345. The van der Waals surface area contributed by atoms with E-state index in [4.69, 9.17) is 10.5 Å². The summed E-state index contributed by atoms with van der Waals surface area (Å²) in [6.07, 6.45) is -3.40. The molecule has 1 saturated heterocycles. The maximum atomic E-state index is 12.5. The molecule has 2 aliphatic rings. The second-order valence-electron chi connectivity index (χ2n) is 4.24. The van der Waals surface area contributed by atoms with Gasteiger partial charge in [-0.05, 0) is 19.3 Å². The maximum Gasteiger partial charge on any atom is 0.391 e. The fourth-order valence-corrected chi connectivity index (χ4v) is 2.54. The van der Waals surface area contributed by atoms with E-state index in [0.717, 1.165) is 6.42 Å². The van der Waals surface area contributed by atoms with Gasteiger partial charge in [0.1, 0.15) is 0 Å². The summed E-state index contributed by atoms with van der Waals surface area (Å²) >= 11 is 0. The molecule has 14 heavy (non-hydrogen) atoms. The molecule has 0 radical (unpaired) electrons. The molecular formula is C9H14F3NO. The van der Waals surface area contributed by atoms with E-state index in [2.05, 4.69) is 0 Å². The number of hydrogen-bond acceptors (Lipinski definition) is 2. The van der Waals surface area contributed by atoms with Crippen LogP contribution < -0.4 is 5.73 Å². The number of nitrogens with two attached hydrogens (primary N) is 1. The zero-order valence-corrected chi connectivity index (χ0v) is 7.76. The molecule has 2 N–H and O–H groups in total. The minimum absolute atomic E-state index is 0.0635. The van der Waals surface area contributed by atoms with Crippen molar-refractivity contribution in [3.05, 3.63) is 0 Å². The van der Waals surface area contributed by atoms with Crippen LogP contribution in [0.1, 0.15) is 19.3 Å². The Bertz CT molecular complexity index is 219. The van der Waals surface area contributed by atoms with Gasteiger partial charge < -0.3 is 10.5 Å². The van der Waals surface area contributed by atoms with Crippen LogP contribution in [0.15, 0.2) is 0 Å². The molecule has 1 heterocycles. The molecule has 0 spiro atoms. The molecule has 0 aromatic heterocycles. The van der Waals surface area contributed by atoms with Gasteiger partial charge in [0.2, 0.25) is 0 Å². The molecule has 0 amide bonds. The first-order valence-electron chi connectivity index (χ1n) is 4.92. The number of ether oxygens (including phenoxy) is 1. The first-order chi connectivity index (χ1) is 6.48. The zero-order chi connectivity index (χ0) is 10.3. The number of rotatable bonds is 0. The largest absolute Gasteiger partial charge is 0.391 e. The van der Waals surface area contributed by atoms with Crippen LogP contribution in [0.3, 0.4) is 0 Å². The molecule has 0 aromatic carbocycles. The van der Waals surface area contributed by atoms with Crippen LogP contribution in [0.25, 0.3) is 0 Å². The van der Waals surface area contributed by atoms with Gasteiger partial charge >= 0.3 is 6.18 Å². The standard InChI is InChI=1S/C9H14F3NO/c10-9(11,12)5-3-7(13)6-1-2-14-8(6)4-5/h5-8H,1-4,13H2/t5-,6+,7-,8-/m0/s1. The Labute approximate surface area is 80.6 Å². The highest BCUT2D eigenvalue weighted by atomic mass is 19.4. The highest BCUT2D eigenvalue weighted by molar-refractivity contribution is 4.94. The number of fused-ring (bicyclic) bond motifs is 1. The molecule has 1 saturated carbocycles. The lowest BCUT2D eigenvalue weighted by Crippen LogP contribution is -2.46. The Morgan fingerprint density at radius 3 is 2.57 bits per heavy atom. The van der Waals surface area contributed by atoms with E-state index in [1.165, 1.54) is 0 Å². The second-order valence-corrected chi connectivity index (χ2v) is 4.24. The van der Waals surface area contributed by atoms with Crippen molar-refractivity contribution in [1.82, 2.24) is 0 Å². The number of alkyl halides is 3. The van der Waals surface area contributed by atoms with Crippen LogP contribution >= 0.6 is 0 Å². The minimum Gasteiger partial charge on any atom is -0.378 e. The Kier molecular flexibility index (Phi) is 2.47. The van der Waals surface area contributed by atoms with Crippen LogP contribution in [0.2, 0.25) is 0 Å². The van der Waals surface area contributed by atoms with Gasteiger partial charge in [-0.2, -0.15) is 13.2 Å². The quantitative estimate of drug-likeness (QED) is 0.659. The molecule has 0 unspecified atom stereocenters. The summed E-state index contributed by atoms with van der Waals surface area (Å²) in [4.78, 5) is 0. The summed E-state index contributed by atoms with van der Waals surface area (Å²) in [5.74, 6) is -1.12. The smallest absolute Gasteiger partial charge is 0.378 e. The van der Waals surface area contributed by atoms with Gasteiger partial charge in [-0.25, -0.2) is 0 Å². The number of halogens is 3. The van der Waals surface area contributed by atoms with Gasteiger partial charge in [0.05, 0.1) is 12.0 Å². The lowest BCUT2D eigenvalue weighted by molar-refractivity contribution is -0.193. The highest BCUT2D eigenvalue weighted by Gasteiger charge is 2.49. The van der Waals surface area contributed by atoms with E-state index >= 15 is 0 Å². The Morgan fingerprint density at radius 1 is 1.21 bits per heavy atom. The molecule has 2 fully saturated rings. The van der Waals surface area contributed by atoms with E-state index < -0.39 is 12.1 Å². The van der Waals surface area contributed by atoms with E-state index in [1.807, 2.05) is 0 Å². The number of hydrogen-bond donors (Lipinski definition) is 1. The summed E-state index contributed by atoms with van der Waals surface area (Å²) < 4.78 is 42.7. The monoisotopic (exact) mass is 209 g/mol. The molecule has 5 heteroatoms. The van der Waals surface area contributed by atoms with Gasteiger partial charge in [-0.3, -0.25) is 0 Å². The predicted molar refractivity (Wildman–Crippen MR) is 44.6 cm³/mol. The average molecular weight is 209 g/mol. The average Bonchev–Trinajstić information content (AvgIpc) is 2.50. The summed E-state index contributed by atoms with van der Waals surface area (Å²) in [5, 5.41) is 0. The van der Waals surface area contributed by atoms with Crippen LogP contribution in [-0.2, 0) is 4.74 Å². The van der Waals surface area contributed by atoms with E-state index in [0.29, 0.717) is 6.61 Å². The van der Waals surface area contributed by atoms with E-state index in [1.54, 1.807) is 0 Å². The molecule has 4 atom stereocenters. The van der Waals surface area contributed by atoms with Gasteiger partial charge in [-0.1, -0.05) is 0 Å². The van der Waals surface area contributed by atoms with E-state index in [-0.39, 0.29) is 30.9 Å². The van der Waals surface area contributed by atoms with Crippen molar-refractivity contribution in [2.75, 3.05) is 6.61 Å². The third-order valence-corrected chi connectivity index (χ3v) is 3.35. The minimum atomic E-state index is -4.12. The summed E-state index contributed by atoms with van der Waals surface area (Å²) in [5.41, 5.74) is 5.73. The normalized spacial score (nSPS) is 43.7. The van der Waals surface area contributed by atoms with Crippen molar-refractivity contribution in [3.8, 4) is 0 Å². The van der Waals surface area contributed by atoms with Crippen molar-refractivity contribution >= 4 is 0 Å². The van der Waals surface area contributed by atoms with Gasteiger partial charge in [0.25, 0.3) is 0 Å². The van der Waals surface area contributed by atoms with Crippen molar-refractivity contribution in [3.63, 3.8) is 0 Å². The van der Waals surface area contributed by atoms with Crippen LogP contribution in [0, 0.1) is 11.8 Å². The molecule has 2 rings (SSSR count). The third-order valence-electron chi connectivity index (χ3n) is 3.35. The van der Waals surface area contributed by atoms with Crippen LogP contribution in [0.5, 0.6) is 0 Å². The third kappa shape index (κ3) is 1.75. The van der Waals surface area contributed by atoms with E-state index in [9.17, 15) is 13.2 Å². The van der Waals surface area contributed by atoms with Gasteiger partial charge in [-0.15, -0.1) is 0 Å². The summed E-state index contributed by atoms with van der Waals surface area (Å²) in [7, 11) is 0. The molecular weight excluding hydrogens is 195 g/mol. The van der Waals surface area contributed by atoms with Gasteiger partial charge in [0, 0.05) is 18.6 Å². The van der Waals surface area contributed by atoms with Crippen molar-refractivity contribution in [2.45, 2.75) is 37.6 Å². The van der Waals surface area contributed by atoms with Gasteiger partial charge in [0.15, 0.2) is 0 Å². The Morgan fingerprint density at radius 2 is 1.93 bits per heavy atom. The highest BCUT2D eigenvalue weighted by Crippen LogP contribution is 2.43. The molecule has 1 aliphatic heterocycles. The first kappa shape index (κ1) is 10.2. The maximum absolute atomic E-state index is 12.5. The van der Waals surface area contributed by atoms with Crippen LogP contribution in [-0.4, -0.2) is 24.9 Å². The lowest BCUT2D eigenvalue weighted by atomic mass is 9.76. The molecule has 0 aromatic rings. The first-order valence-corrected chi connectivity index (χ1v) is 4.92. The molecule has 82 valence electrons. The lowest BCUT2D eigenvalue weighted by Gasteiger charge is -2.36. The SMILES string of the molecule is N[C@H]1C[C@H](C(F)(F)F)C[C@@H]2OCC[C@@H]21. The fraction of sp³-hybridized carbons (Fsp3) is 1.00. The second kappa shape index (κ2) is 3.38.